The zero-order valence-electron chi connectivity index (χ0n) is 8.10. The van der Waals surface area contributed by atoms with E-state index in [9.17, 15) is 4.79 Å². The highest BCUT2D eigenvalue weighted by molar-refractivity contribution is 5.95. The first-order chi connectivity index (χ1) is 5.74. The highest BCUT2D eigenvalue weighted by Crippen LogP contribution is 2.25. The molecule has 68 valence electrons. The SMILES string of the molecule is CCCCC(=O)C1=CC(C)CC1. The minimum absolute atomic E-state index is 0.390. The van der Waals surface area contributed by atoms with Crippen LogP contribution in [-0.4, -0.2) is 5.78 Å². The Morgan fingerprint density at radius 2 is 2.42 bits per heavy atom. The molecule has 1 nitrogen and oxygen atoms in total. The van der Waals surface area contributed by atoms with Crippen LogP contribution in [0.1, 0.15) is 46.0 Å². The van der Waals surface area contributed by atoms with Gasteiger partial charge in [0.05, 0.1) is 0 Å². The fourth-order valence-corrected chi connectivity index (χ4v) is 1.62. The number of Topliss-reactive ketones (excluding diaryl/α,β-unsaturated/α-hetero) is 1. The van der Waals surface area contributed by atoms with Gasteiger partial charge in [0.2, 0.25) is 0 Å². The van der Waals surface area contributed by atoms with Crippen molar-refractivity contribution in [3.8, 4) is 0 Å². The van der Waals surface area contributed by atoms with Gasteiger partial charge in [-0.1, -0.05) is 26.3 Å². The van der Waals surface area contributed by atoms with E-state index in [1.165, 1.54) is 6.42 Å². The quantitative estimate of drug-likeness (QED) is 0.627. The van der Waals surface area contributed by atoms with Crippen molar-refractivity contribution in [1.29, 1.82) is 0 Å². The maximum atomic E-state index is 11.5. The number of hydrogen-bond acceptors (Lipinski definition) is 1. The van der Waals surface area contributed by atoms with Crippen LogP contribution < -0.4 is 0 Å². The highest BCUT2D eigenvalue weighted by atomic mass is 16.1. The van der Waals surface area contributed by atoms with Gasteiger partial charge in [-0.05, 0) is 30.8 Å². The van der Waals surface area contributed by atoms with Gasteiger partial charge in [0.1, 0.15) is 0 Å². The van der Waals surface area contributed by atoms with Crippen LogP contribution in [0, 0.1) is 5.92 Å². The van der Waals surface area contributed by atoms with Gasteiger partial charge in [0.25, 0.3) is 0 Å². The molecule has 0 saturated heterocycles. The van der Waals surface area contributed by atoms with E-state index in [1.54, 1.807) is 0 Å². The Morgan fingerprint density at radius 3 is 2.92 bits per heavy atom. The number of allylic oxidation sites excluding steroid dienone is 2. The summed E-state index contributed by atoms with van der Waals surface area (Å²) in [6.07, 6.45) is 7.27. The second-order valence-electron chi connectivity index (χ2n) is 3.73. The maximum Gasteiger partial charge on any atom is 0.158 e. The monoisotopic (exact) mass is 166 g/mol. The Hall–Kier alpha value is -0.590. The normalized spacial score (nSPS) is 22.5. The van der Waals surface area contributed by atoms with Crippen molar-refractivity contribution >= 4 is 5.78 Å². The van der Waals surface area contributed by atoms with Crippen molar-refractivity contribution in [1.82, 2.24) is 0 Å². The molecule has 0 fully saturated rings. The smallest absolute Gasteiger partial charge is 0.158 e. The molecule has 0 N–H and O–H groups in total. The number of unbranched alkanes of at least 4 members (excludes halogenated alkanes) is 1. The van der Waals surface area contributed by atoms with Crippen LogP contribution in [0.15, 0.2) is 11.6 Å². The Morgan fingerprint density at radius 1 is 1.67 bits per heavy atom. The average molecular weight is 166 g/mol. The first-order valence-corrected chi connectivity index (χ1v) is 4.98. The van der Waals surface area contributed by atoms with Gasteiger partial charge in [-0.15, -0.1) is 0 Å². The van der Waals surface area contributed by atoms with Crippen molar-refractivity contribution < 1.29 is 4.79 Å². The third-order valence-corrected chi connectivity index (χ3v) is 2.47. The summed E-state index contributed by atoms with van der Waals surface area (Å²) in [4.78, 5) is 11.5. The molecule has 0 aromatic heterocycles. The van der Waals surface area contributed by atoms with E-state index in [4.69, 9.17) is 0 Å². The first-order valence-electron chi connectivity index (χ1n) is 4.98. The Kier molecular flexibility index (Phi) is 3.51. The van der Waals surface area contributed by atoms with E-state index in [0.29, 0.717) is 11.7 Å². The number of hydrogen-bond donors (Lipinski definition) is 0. The predicted octanol–water partition coefficient (Wildman–Crippen LogP) is 3.10. The van der Waals surface area contributed by atoms with Crippen LogP contribution in [0.3, 0.4) is 0 Å². The fraction of sp³-hybridized carbons (Fsp3) is 0.727. The van der Waals surface area contributed by atoms with Crippen LogP contribution in [0.5, 0.6) is 0 Å². The van der Waals surface area contributed by atoms with Crippen LogP contribution >= 0.6 is 0 Å². The lowest BCUT2D eigenvalue weighted by Gasteiger charge is -1.98. The highest BCUT2D eigenvalue weighted by Gasteiger charge is 2.16. The molecule has 0 heterocycles. The number of carbonyl (C=O) groups excluding carboxylic acids is 1. The lowest BCUT2D eigenvalue weighted by molar-refractivity contribution is -0.115. The summed E-state index contributed by atoms with van der Waals surface area (Å²) in [7, 11) is 0. The summed E-state index contributed by atoms with van der Waals surface area (Å²) in [5.41, 5.74) is 1.09. The minimum Gasteiger partial charge on any atom is -0.295 e. The molecule has 0 aromatic carbocycles. The molecular formula is C11H18O. The van der Waals surface area contributed by atoms with Crippen LogP contribution in [-0.2, 0) is 4.79 Å². The number of rotatable bonds is 4. The van der Waals surface area contributed by atoms with Crippen molar-refractivity contribution in [3.05, 3.63) is 11.6 Å². The Bertz CT molecular complexity index is 191. The number of ketones is 1. The third kappa shape index (κ3) is 2.47. The van der Waals surface area contributed by atoms with E-state index in [1.807, 2.05) is 0 Å². The third-order valence-electron chi connectivity index (χ3n) is 2.47. The summed E-state index contributed by atoms with van der Waals surface area (Å²) in [6, 6.07) is 0. The minimum atomic E-state index is 0.390. The largest absolute Gasteiger partial charge is 0.295 e. The van der Waals surface area contributed by atoms with E-state index in [0.717, 1.165) is 31.3 Å². The van der Waals surface area contributed by atoms with Gasteiger partial charge >= 0.3 is 0 Å². The van der Waals surface area contributed by atoms with Gasteiger partial charge in [-0.3, -0.25) is 4.79 Å². The zero-order valence-corrected chi connectivity index (χ0v) is 8.10. The molecule has 0 aliphatic heterocycles. The van der Waals surface area contributed by atoms with Crippen LogP contribution in [0.25, 0.3) is 0 Å². The van der Waals surface area contributed by atoms with E-state index >= 15 is 0 Å². The van der Waals surface area contributed by atoms with E-state index in [2.05, 4.69) is 19.9 Å². The van der Waals surface area contributed by atoms with E-state index < -0.39 is 0 Å². The lowest BCUT2D eigenvalue weighted by atomic mass is 10.1. The molecule has 12 heavy (non-hydrogen) atoms. The fourth-order valence-electron chi connectivity index (χ4n) is 1.62. The molecule has 1 unspecified atom stereocenters. The van der Waals surface area contributed by atoms with Crippen LogP contribution in [0.2, 0.25) is 0 Å². The van der Waals surface area contributed by atoms with Crippen molar-refractivity contribution in [2.24, 2.45) is 5.92 Å². The van der Waals surface area contributed by atoms with Gasteiger partial charge in [0, 0.05) is 6.42 Å². The van der Waals surface area contributed by atoms with Gasteiger partial charge in [-0.25, -0.2) is 0 Å². The lowest BCUT2D eigenvalue weighted by Crippen LogP contribution is -1.99. The molecule has 0 amide bonds. The molecule has 0 aromatic rings. The molecule has 1 atom stereocenters. The second-order valence-corrected chi connectivity index (χ2v) is 3.73. The van der Waals surface area contributed by atoms with Crippen molar-refractivity contribution in [3.63, 3.8) is 0 Å². The number of carbonyl (C=O) groups is 1. The van der Waals surface area contributed by atoms with Gasteiger partial charge in [-0.2, -0.15) is 0 Å². The van der Waals surface area contributed by atoms with Crippen molar-refractivity contribution in [2.45, 2.75) is 46.0 Å². The molecule has 0 radical (unpaired) electrons. The van der Waals surface area contributed by atoms with Gasteiger partial charge in [0.15, 0.2) is 5.78 Å². The molecule has 0 bridgehead atoms. The average Bonchev–Trinajstić information content (AvgIpc) is 2.47. The van der Waals surface area contributed by atoms with Crippen molar-refractivity contribution in [2.75, 3.05) is 0 Å². The summed E-state index contributed by atoms with van der Waals surface area (Å²) in [5, 5.41) is 0. The Labute approximate surface area is 74.9 Å². The van der Waals surface area contributed by atoms with Crippen LogP contribution in [0.4, 0.5) is 0 Å². The first kappa shape index (κ1) is 9.50. The molecule has 1 aliphatic carbocycles. The zero-order chi connectivity index (χ0) is 8.97. The summed E-state index contributed by atoms with van der Waals surface area (Å²) in [6.45, 7) is 4.30. The summed E-state index contributed by atoms with van der Waals surface area (Å²) in [5.74, 6) is 1.02. The molecule has 1 heteroatoms. The molecule has 1 rings (SSSR count). The maximum absolute atomic E-state index is 11.5. The standard InChI is InChI=1S/C11H18O/c1-3-4-5-11(12)10-7-6-9(2)8-10/h8-9H,3-7H2,1-2H3. The molecule has 0 saturated carbocycles. The topological polar surface area (TPSA) is 17.1 Å². The Balaban J connectivity index is 2.37. The predicted molar refractivity (Wildman–Crippen MR) is 51.0 cm³/mol. The molecule has 0 spiro atoms. The van der Waals surface area contributed by atoms with Gasteiger partial charge < -0.3 is 0 Å². The second kappa shape index (κ2) is 4.44. The molecular weight excluding hydrogens is 148 g/mol. The molecule has 1 aliphatic rings. The summed E-state index contributed by atoms with van der Waals surface area (Å²) >= 11 is 0. The summed E-state index contributed by atoms with van der Waals surface area (Å²) < 4.78 is 0. The van der Waals surface area contributed by atoms with E-state index in [-0.39, 0.29) is 0 Å².